The summed E-state index contributed by atoms with van der Waals surface area (Å²) in [6.45, 7) is 0.239. The number of ether oxygens (including phenoxy) is 3. The second kappa shape index (κ2) is 8.81. The van der Waals surface area contributed by atoms with Crippen molar-refractivity contribution < 1.29 is 34.0 Å². The first-order valence-electron chi connectivity index (χ1n) is 8.99. The number of hydrogen-bond acceptors (Lipinski definition) is 6. The van der Waals surface area contributed by atoms with Gasteiger partial charge in [-0.3, -0.25) is 4.79 Å². The number of urea groups is 1. The highest BCUT2D eigenvalue weighted by atomic mass is 16.7. The van der Waals surface area contributed by atoms with E-state index in [4.69, 9.17) is 19.3 Å². The molecule has 1 unspecified atom stereocenters. The zero-order valence-corrected chi connectivity index (χ0v) is 14.8. The van der Waals surface area contributed by atoms with E-state index in [2.05, 4.69) is 10.6 Å². The van der Waals surface area contributed by atoms with Gasteiger partial charge in [0.1, 0.15) is 18.5 Å². The average Bonchev–Trinajstić information content (AvgIpc) is 3.13. The fourth-order valence-electron chi connectivity index (χ4n) is 3.15. The standard InChI is InChI=1S/C18H24N2O7/c21-13(9-25-14-5-6-15-16(7-14)27-10-26-15)8-19-18(24)20-12-3-1-11(2-4-12)17(22)23/h5-7,11-13,21H,1-4,8-10H2,(H,22,23)(H2,19,20,24). The van der Waals surface area contributed by atoms with Gasteiger partial charge in [0.05, 0.1) is 5.92 Å². The smallest absolute Gasteiger partial charge is 0.315 e. The Kier molecular flexibility index (Phi) is 6.23. The van der Waals surface area contributed by atoms with Gasteiger partial charge in [-0.1, -0.05) is 0 Å². The molecule has 0 bridgehead atoms. The molecule has 2 aliphatic rings. The molecule has 2 amide bonds. The van der Waals surface area contributed by atoms with E-state index in [1.807, 2.05) is 0 Å². The Bertz CT molecular complexity index is 674. The summed E-state index contributed by atoms with van der Waals surface area (Å²) < 4.78 is 16.0. The topological polar surface area (TPSA) is 126 Å². The van der Waals surface area contributed by atoms with Crippen LogP contribution in [0.25, 0.3) is 0 Å². The molecule has 27 heavy (non-hydrogen) atoms. The van der Waals surface area contributed by atoms with Crippen molar-refractivity contribution in [3.05, 3.63) is 18.2 Å². The Morgan fingerprint density at radius 3 is 2.67 bits per heavy atom. The lowest BCUT2D eigenvalue weighted by Gasteiger charge is -2.27. The fourth-order valence-corrected chi connectivity index (χ4v) is 3.15. The van der Waals surface area contributed by atoms with Crippen LogP contribution in [0.4, 0.5) is 4.79 Å². The van der Waals surface area contributed by atoms with Crippen LogP contribution in [0.15, 0.2) is 18.2 Å². The summed E-state index contributed by atoms with van der Waals surface area (Å²) in [6, 6.07) is 4.71. The average molecular weight is 380 g/mol. The number of carboxylic acids is 1. The third-order valence-corrected chi connectivity index (χ3v) is 4.70. The van der Waals surface area contributed by atoms with Crippen LogP contribution in [0.2, 0.25) is 0 Å². The van der Waals surface area contributed by atoms with Crippen LogP contribution in [-0.4, -0.2) is 54.3 Å². The second-order valence-electron chi connectivity index (χ2n) is 6.72. The molecule has 1 heterocycles. The monoisotopic (exact) mass is 380 g/mol. The van der Waals surface area contributed by atoms with Crippen LogP contribution in [-0.2, 0) is 4.79 Å². The predicted octanol–water partition coefficient (Wildman–Crippen LogP) is 1.10. The number of aliphatic hydroxyl groups excluding tert-OH is 1. The summed E-state index contributed by atoms with van der Waals surface area (Å²) in [6.07, 6.45) is 1.53. The normalized spacial score (nSPS) is 22.0. The molecule has 1 aliphatic carbocycles. The Morgan fingerprint density at radius 2 is 1.93 bits per heavy atom. The Balaban J connectivity index is 1.32. The molecule has 9 nitrogen and oxygen atoms in total. The van der Waals surface area contributed by atoms with E-state index >= 15 is 0 Å². The summed E-state index contributed by atoms with van der Waals surface area (Å²) in [5.74, 6) is 0.693. The number of aliphatic carboxylic acids is 1. The molecule has 1 fully saturated rings. The lowest BCUT2D eigenvalue weighted by atomic mass is 9.86. The predicted molar refractivity (Wildman–Crippen MR) is 94.0 cm³/mol. The van der Waals surface area contributed by atoms with Gasteiger partial charge < -0.3 is 35.1 Å². The number of fused-ring (bicyclic) bond motifs is 1. The maximum absolute atomic E-state index is 11.9. The highest BCUT2D eigenvalue weighted by molar-refractivity contribution is 5.74. The van der Waals surface area contributed by atoms with Gasteiger partial charge in [0, 0.05) is 18.7 Å². The minimum atomic E-state index is -0.871. The largest absolute Gasteiger partial charge is 0.491 e. The van der Waals surface area contributed by atoms with Crippen molar-refractivity contribution in [2.45, 2.75) is 37.8 Å². The third kappa shape index (κ3) is 5.40. The zero-order chi connectivity index (χ0) is 19.2. The molecule has 0 radical (unpaired) electrons. The maximum Gasteiger partial charge on any atom is 0.315 e. The van der Waals surface area contributed by atoms with Gasteiger partial charge in [0.25, 0.3) is 0 Å². The van der Waals surface area contributed by atoms with E-state index in [1.165, 1.54) is 0 Å². The van der Waals surface area contributed by atoms with Crippen molar-refractivity contribution in [3.8, 4) is 17.2 Å². The number of aliphatic hydroxyl groups is 1. The number of benzene rings is 1. The third-order valence-electron chi connectivity index (χ3n) is 4.70. The molecule has 0 aromatic heterocycles. The number of carbonyl (C=O) groups is 2. The SMILES string of the molecule is O=C(NCC(O)COc1ccc2c(c1)OCO2)NC1CCC(C(=O)O)CC1. The van der Waals surface area contributed by atoms with Crippen molar-refractivity contribution in [1.82, 2.24) is 10.6 Å². The fraction of sp³-hybridized carbons (Fsp3) is 0.556. The highest BCUT2D eigenvalue weighted by Gasteiger charge is 2.26. The Labute approximate surface area is 156 Å². The molecule has 1 atom stereocenters. The molecule has 1 aromatic carbocycles. The van der Waals surface area contributed by atoms with Crippen LogP contribution in [0.3, 0.4) is 0 Å². The van der Waals surface area contributed by atoms with E-state index in [0.717, 1.165) is 0 Å². The van der Waals surface area contributed by atoms with Gasteiger partial charge in [-0.15, -0.1) is 0 Å². The first kappa shape index (κ1) is 19.1. The summed E-state index contributed by atoms with van der Waals surface area (Å²) in [5, 5.41) is 24.4. The van der Waals surface area contributed by atoms with Crippen molar-refractivity contribution in [2.75, 3.05) is 19.9 Å². The van der Waals surface area contributed by atoms with Crippen LogP contribution in [0.1, 0.15) is 25.7 Å². The van der Waals surface area contributed by atoms with Crippen LogP contribution < -0.4 is 24.8 Å². The number of carboxylic acid groups (broad SMARTS) is 1. The van der Waals surface area contributed by atoms with Gasteiger partial charge in [-0.05, 0) is 37.8 Å². The Hall–Kier alpha value is -2.68. The number of amides is 2. The molecule has 1 aliphatic heterocycles. The zero-order valence-electron chi connectivity index (χ0n) is 14.8. The molecular weight excluding hydrogens is 356 g/mol. The minimum Gasteiger partial charge on any atom is -0.491 e. The van der Waals surface area contributed by atoms with Gasteiger partial charge in [0.15, 0.2) is 11.5 Å². The molecule has 1 saturated carbocycles. The van der Waals surface area contributed by atoms with Gasteiger partial charge >= 0.3 is 12.0 Å². The number of hydrogen-bond donors (Lipinski definition) is 4. The van der Waals surface area contributed by atoms with E-state index in [-0.39, 0.29) is 37.9 Å². The lowest BCUT2D eigenvalue weighted by molar-refractivity contribution is -0.142. The number of nitrogens with one attached hydrogen (secondary N) is 2. The molecule has 9 heteroatoms. The minimum absolute atomic E-state index is 0.0175. The maximum atomic E-state index is 11.9. The van der Waals surface area contributed by atoms with Gasteiger partial charge in [-0.2, -0.15) is 0 Å². The summed E-state index contributed by atoms with van der Waals surface area (Å²) >= 11 is 0. The van der Waals surface area contributed by atoms with Crippen molar-refractivity contribution >= 4 is 12.0 Å². The molecule has 4 N–H and O–H groups in total. The molecule has 148 valence electrons. The first-order chi connectivity index (χ1) is 13.0. The van der Waals surface area contributed by atoms with Gasteiger partial charge in [-0.25, -0.2) is 4.79 Å². The first-order valence-corrected chi connectivity index (χ1v) is 8.99. The van der Waals surface area contributed by atoms with Crippen LogP contribution in [0.5, 0.6) is 17.2 Å². The Morgan fingerprint density at radius 1 is 1.19 bits per heavy atom. The molecule has 0 saturated heterocycles. The molecule has 1 aromatic rings. The molecule has 3 rings (SSSR count). The van der Waals surface area contributed by atoms with E-state index in [0.29, 0.717) is 42.9 Å². The van der Waals surface area contributed by atoms with Gasteiger partial charge in [0.2, 0.25) is 6.79 Å². The summed E-state index contributed by atoms with van der Waals surface area (Å²) in [4.78, 5) is 22.8. The van der Waals surface area contributed by atoms with Crippen LogP contribution in [0, 0.1) is 5.92 Å². The quantitative estimate of drug-likeness (QED) is 0.558. The number of rotatable bonds is 7. The van der Waals surface area contributed by atoms with Crippen molar-refractivity contribution in [2.24, 2.45) is 5.92 Å². The number of carbonyl (C=O) groups excluding carboxylic acids is 1. The summed E-state index contributed by atoms with van der Waals surface area (Å²) in [7, 11) is 0. The van der Waals surface area contributed by atoms with E-state index in [1.54, 1.807) is 18.2 Å². The van der Waals surface area contributed by atoms with Crippen molar-refractivity contribution in [3.63, 3.8) is 0 Å². The lowest BCUT2D eigenvalue weighted by Crippen LogP contribution is -2.46. The summed E-state index contributed by atoms with van der Waals surface area (Å²) in [5.41, 5.74) is 0. The highest BCUT2D eigenvalue weighted by Crippen LogP contribution is 2.35. The molecule has 0 spiro atoms. The van der Waals surface area contributed by atoms with E-state index < -0.39 is 12.1 Å². The molecular formula is C18H24N2O7. The van der Waals surface area contributed by atoms with Crippen molar-refractivity contribution in [1.29, 1.82) is 0 Å². The van der Waals surface area contributed by atoms with Crippen LogP contribution >= 0.6 is 0 Å². The van der Waals surface area contributed by atoms with E-state index in [9.17, 15) is 14.7 Å². The second-order valence-corrected chi connectivity index (χ2v) is 6.72.